The van der Waals surface area contributed by atoms with Crippen molar-refractivity contribution >= 4 is 11.9 Å². The fraction of sp³-hybridized carbons (Fsp3) is 0.818. The Bertz CT molecular complexity index is 209. The molecule has 0 heterocycles. The second kappa shape index (κ2) is 7.26. The van der Waals surface area contributed by atoms with E-state index in [-0.39, 0.29) is 12.5 Å². The minimum atomic E-state index is -0.528. The highest BCUT2D eigenvalue weighted by Crippen LogP contribution is 2.01. The van der Waals surface area contributed by atoms with Crippen molar-refractivity contribution in [3.05, 3.63) is 0 Å². The lowest BCUT2D eigenvalue weighted by atomic mass is 10.1. The SMILES string of the molecule is CC(C)CCOC(=O)CC(=O)OC(C)C. The Hall–Kier alpha value is -1.06. The van der Waals surface area contributed by atoms with Gasteiger partial charge < -0.3 is 9.47 Å². The Balaban J connectivity index is 3.60. The number of esters is 2. The quantitative estimate of drug-likeness (QED) is 0.503. The van der Waals surface area contributed by atoms with Crippen LogP contribution in [0.15, 0.2) is 0 Å². The second-order valence-electron chi connectivity index (χ2n) is 4.12. The molecule has 4 nitrogen and oxygen atoms in total. The Morgan fingerprint density at radius 1 is 1.07 bits per heavy atom. The van der Waals surface area contributed by atoms with Crippen molar-refractivity contribution in [2.75, 3.05) is 6.61 Å². The molecule has 88 valence electrons. The first-order chi connectivity index (χ1) is 6.91. The first-order valence-corrected chi connectivity index (χ1v) is 5.27. The Morgan fingerprint density at radius 2 is 1.67 bits per heavy atom. The Kier molecular flexibility index (Phi) is 6.75. The molecule has 0 atom stereocenters. The van der Waals surface area contributed by atoms with E-state index >= 15 is 0 Å². The summed E-state index contributed by atoms with van der Waals surface area (Å²) < 4.78 is 9.67. The maximum atomic E-state index is 11.1. The predicted octanol–water partition coefficient (Wildman–Crippen LogP) is 1.92. The maximum Gasteiger partial charge on any atom is 0.317 e. The molecule has 0 aliphatic rings. The molecule has 0 aromatic heterocycles. The maximum absolute atomic E-state index is 11.1. The van der Waals surface area contributed by atoms with Gasteiger partial charge in [0.1, 0.15) is 6.42 Å². The Labute approximate surface area is 90.9 Å². The summed E-state index contributed by atoms with van der Waals surface area (Å²) in [4.78, 5) is 22.1. The molecular formula is C11H20O4. The van der Waals surface area contributed by atoms with Crippen molar-refractivity contribution in [2.45, 2.75) is 46.6 Å². The third kappa shape index (κ3) is 9.25. The van der Waals surface area contributed by atoms with Gasteiger partial charge in [-0.2, -0.15) is 0 Å². The van der Waals surface area contributed by atoms with Gasteiger partial charge in [0.2, 0.25) is 0 Å². The first kappa shape index (κ1) is 13.9. The zero-order valence-corrected chi connectivity index (χ0v) is 9.91. The number of rotatable bonds is 6. The van der Waals surface area contributed by atoms with Crippen LogP contribution in [-0.4, -0.2) is 24.6 Å². The molecule has 0 radical (unpaired) electrons. The van der Waals surface area contributed by atoms with Gasteiger partial charge in [0, 0.05) is 0 Å². The third-order valence-corrected chi connectivity index (χ3v) is 1.61. The number of carbonyl (C=O) groups is 2. The van der Waals surface area contributed by atoms with Crippen LogP contribution < -0.4 is 0 Å². The average molecular weight is 216 g/mol. The van der Waals surface area contributed by atoms with Crippen LogP contribution in [-0.2, 0) is 19.1 Å². The summed E-state index contributed by atoms with van der Waals surface area (Å²) >= 11 is 0. The van der Waals surface area contributed by atoms with Crippen LogP contribution in [0.4, 0.5) is 0 Å². The largest absolute Gasteiger partial charge is 0.465 e. The normalized spacial score (nSPS) is 10.5. The highest BCUT2D eigenvalue weighted by Gasteiger charge is 2.13. The summed E-state index contributed by atoms with van der Waals surface area (Å²) in [6.07, 6.45) is 0.322. The molecule has 4 heteroatoms. The Morgan fingerprint density at radius 3 is 2.13 bits per heavy atom. The smallest absolute Gasteiger partial charge is 0.317 e. The lowest BCUT2D eigenvalue weighted by molar-refractivity contribution is -0.156. The molecule has 0 aromatic rings. The van der Waals surface area contributed by atoms with Crippen LogP contribution in [0, 0.1) is 5.92 Å². The third-order valence-electron chi connectivity index (χ3n) is 1.61. The van der Waals surface area contributed by atoms with Crippen LogP contribution in [0.5, 0.6) is 0 Å². The molecular weight excluding hydrogens is 196 g/mol. The van der Waals surface area contributed by atoms with Gasteiger partial charge in [0.15, 0.2) is 0 Å². The zero-order valence-electron chi connectivity index (χ0n) is 9.91. The predicted molar refractivity (Wildman–Crippen MR) is 56.3 cm³/mol. The average Bonchev–Trinajstić information content (AvgIpc) is 2.00. The van der Waals surface area contributed by atoms with Gasteiger partial charge in [-0.1, -0.05) is 13.8 Å². The van der Waals surface area contributed by atoms with Crippen molar-refractivity contribution in [1.82, 2.24) is 0 Å². The topological polar surface area (TPSA) is 52.6 Å². The van der Waals surface area contributed by atoms with Crippen LogP contribution >= 0.6 is 0 Å². The van der Waals surface area contributed by atoms with E-state index in [0.29, 0.717) is 12.5 Å². The highest BCUT2D eigenvalue weighted by molar-refractivity contribution is 5.91. The molecule has 0 saturated heterocycles. The second-order valence-corrected chi connectivity index (χ2v) is 4.12. The molecule has 0 N–H and O–H groups in total. The van der Waals surface area contributed by atoms with Crippen LogP contribution in [0.25, 0.3) is 0 Å². The number of hydrogen-bond acceptors (Lipinski definition) is 4. The number of hydrogen-bond donors (Lipinski definition) is 0. The lowest BCUT2D eigenvalue weighted by Crippen LogP contribution is -2.17. The van der Waals surface area contributed by atoms with Crippen molar-refractivity contribution in [3.63, 3.8) is 0 Å². The van der Waals surface area contributed by atoms with E-state index in [2.05, 4.69) is 0 Å². The lowest BCUT2D eigenvalue weighted by Gasteiger charge is -2.08. The summed E-state index contributed by atoms with van der Waals surface area (Å²) in [7, 11) is 0. The van der Waals surface area contributed by atoms with Crippen LogP contribution in [0.1, 0.15) is 40.5 Å². The standard InChI is InChI=1S/C11H20O4/c1-8(2)5-6-14-10(12)7-11(13)15-9(3)4/h8-9H,5-7H2,1-4H3. The number of ether oxygens (including phenoxy) is 2. The molecule has 0 saturated carbocycles. The molecule has 0 spiro atoms. The molecule has 0 unspecified atom stereocenters. The van der Waals surface area contributed by atoms with E-state index in [1.54, 1.807) is 13.8 Å². The molecule has 0 fully saturated rings. The zero-order chi connectivity index (χ0) is 11.8. The van der Waals surface area contributed by atoms with Crippen LogP contribution in [0.3, 0.4) is 0 Å². The van der Waals surface area contributed by atoms with E-state index in [9.17, 15) is 9.59 Å². The van der Waals surface area contributed by atoms with E-state index < -0.39 is 11.9 Å². The first-order valence-electron chi connectivity index (χ1n) is 5.27. The molecule has 0 aromatic carbocycles. The van der Waals surface area contributed by atoms with Gasteiger partial charge in [-0.3, -0.25) is 9.59 Å². The van der Waals surface area contributed by atoms with Crippen molar-refractivity contribution in [1.29, 1.82) is 0 Å². The molecule has 15 heavy (non-hydrogen) atoms. The van der Waals surface area contributed by atoms with Crippen molar-refractivity contribution in [3.8, 4) is 0 Å². The van der Waals surface area contributed by atoms with E-state index in [4.69, 9.17) is 9.47 Å². The fourth-order valence-electron chi connectivity index (χ4n) is 0.882. The van der Waals surface area contributed by atoms with E-state index in [1.165, 1.54) is 0 Å². The summed E-state index contributed by atoms with van der Waals surface area (Å²) in [5, 5.41) is 0. The minimum Gasteiger partial charge on any atom is -0.465 e. The van der Waals surface area contributed by atoms with Gasteiger partial charge in [-0.05, 0) is 26.2 Å². The summed E-state index contributed by atoms with van der Waals surface area (Å²) in [6.45, 7) is 7.93. The fourth-order valence-corrected chi connectivity index (χ4v) is 0.882. The summed E-state index contributed by atoms with van der Waals surface area (Å²) in [5.41, 5.74) is 0. The van der Waals surface area contributed by atoms with Crippen LogP contribution in [0.2, 0.25) is 0 Å². The van der Waals surface area contributed by atoms with E-state index in [1.807, 2.05) is 13.8 Å². The highest BCUT2D eigenvalue weighted by atomic mass is 16.6. The molecule has 0 bridgehead atoms. The molecule has 0 amide bonds. The molecule has 0 aliphatic heterocycles. The van der Waals surface area contributed by atoms with Crippen molar-refractivity contribution in [2.24, 2.45) is 5.92 Å². The molecule has 0 rings (SSSR count). The minimum absolute atomic E-state index is 0.194. The van der Waals surface area contributed by atoms with Gasteiger partial charge >= 0.3 is 11.9 Å². The van der Waals surface area contributed by atoms with Gasteiger partial charge in [-0.25, -0.2) is 0 Å². The number of carbonyl (C=O) groups excluding carboxylic acids is 2. The van der Waals surface area contributed by atoms with E-state index in [0.717, 1.165) is 6.42 Å². The van der Waals surface area contributed by atoms with Gasteiger partial charge in [0.05, 0.1) is 12.7 Å². The monoisotopic (exact) mass is 216 g/mol. The van der Waals surface area contributed by atoms with Gasteiger partial charge in [-0.15, -0.1) is 0 Å². The summed E-state index contributed by atoms with van der Waals surface area (Å²) in [5.74, 6) is -0.554. The van der Waals surface area contributed by atoms with Gasteiger partial charge in [0.25, 0.3) is 0 Å². The summed E-state index contributed by atoms with van der Waals surface area (Å²) in [6, 6.07) is 0. The van der Waals surface area contributed by atoms with Crippen molar-refractivity contribution < 1.29 is 19.1 Å². The molecule has 0 aliphatic carbocycles.